The summed E-state index contributed by atoms with van der Waals surface area (Å²) in [6.07, 6.45) is 0.593. The van der Waals surface area contributed by atoms with E-state index >= 15 is 0 Å². The number of aliphatic hydroxyl groups is 8. The summed E-state index contributed by atoms with van der Waals surface area (Å²) in [7, 11) is 0. The van der Waals surface area contributed by atoms with Gasteiger partial charge in [-0.1, -0.05) is 39.8 Å². The van der Waals surface area contributed by atoms with Crippen molar-refractivity contribution in [2.45, 2.75) is 127 Å². The Morgan fingerprint density at radius 1 is 0.905 bits per heavy atom. The summed E-state index contributed by atoms with van der Waals surface area (Å²) in [5.41, 5.74) is -2.10. The Labute approximate surface area is 249 Å². The van der Waals surface area contributed by atoms with Crippen LogP contribution in [-0.4, -0.2) is 109 Å². The van der Waals surface area contributed by atoms with Crippen molar-refractivity contribution >= 4 is 0 Å². The van der Waals surface area contributed by atoms with Gasteiger partial charge in [-0.25, -0.2) is 0 Å². The number of hydrogen-bond acceptors (Lipinski definition) is 10. The topological polar surface area (TPSA) is 180 Å². The van der Waals surface area contributed by atoms with Gasteiger partial charge in [-0.05, 0) is 73.0 Å². The molecule has 5 rings (SSSR count). The number of ether oxygens (including phenoxy) is 2. The van der Waals surface area contributed by atoms with Crippen molar-refractivity contribution in [3.8, 4) is 0 Å². The summed E-state index contributed by atoms with van der Waals surface area (Å²) in [6.45, 7) is 8.34. The molecule has 42 heavy (non-hydrogen) atoms. The van der Waals surface area contributed by atoms with Gasteiger partial charge in [0.2, 0.25) is 0 Å². The van der Waals surface area contributed by atoms with E-state index in [4.69, 9.17) is 9.47 Å². The molecule has 0 aromatic rings. The third-order valence-corrected chi connectivity index (χ3v) is 12.5. The highest BCUT2D eigenvalue weighted by atomic mass is 16.7. The van der Waals surface area contributed by atoms with E-state index in [1.165, 1.54) is 0 Å². The van der Waals surface area contributed by atoms with Crippen LogP contribution in [0.5, 0.6) is 0 Å². The van der Waals surface area contributed by atoms with Crippen molar-refractivity contribution in [2.24, 2.45) is 46.3 Å². The Morgan fingerprint density at radius 3 is 2.26 bits per heavy atom. The first-order chi connectivity index (χ1) is 19.7. The third kappa shape index (κ3) is 5.21. The molecule has 1 heterocycles. The summed E-state index contributed by atoms with van der Waals surface area (Å²) in [5.74, 6) is -0.649. The van der Waals surface area contributed by atoms with Crippen LogP contribution in [0, 0.1) is 46.3 Å². The molecule has 1 aliphatic heterocycles. The normalized spacial score (nSPS) is 53.9. The second-order valence-corrected chi connectivity index (χ2v) is 15.0. The van der Waals surface area contributed by atoms with Gasteiger partial charge in [0.15, 0.2) is 6.29 Å². The van der Waals surface area contributed by atoms with Crippen LogP contribution in [0.3, 0.4) is 0 Å². The summed E-state index contributed by atoms with van der Waals surface area (Å²) < 4.78 is 11.1. The van der Waals surface area contributed by atoms with Crippen LogP contribution in [0.15, 0.2) is 12.2 Å². The fraction of sp³-hybridized carbons (Fsp3) is 0.938. The molecule has 5 fully saturated rings. The van der Waals surface area contributed by atoms with Gasteiger partial charge in [0.25, 0.3) is 0 Å². The minimum Gasteiger partial charge on any atom is -0.394 e. The van der Waals surface area contributed by atoms with E-state index in [2.05, 4.69) is 32.9 Å². The zero-order chi connectivity index (χ0) is 30.8. The molecule has 5 aliphatic rings. The zero-order valence-electron chi connectivity index (χ0n) is 25.5. The molecular weight excluding hydrogens is 544 g/mol. The predicted molar refractivity (Wildman–Crippen MR) is 153 cm³/mol. The minimum absolute atomic E-state index is 0.100. The van der Waals surface area contributed by atoms with Gasteiger partial charge in [-0.2, -0.15) is 0 Å². The van der Waals surface area contributed by atoms with Crippen LogP contribution >= 0.6 is 0 Å². The molecule has 0 amide bonds. The maximum atomic E-state index is 12.4. The lowest BCUT2D eigenvalue weighted by molar-refractivity contribution is -0.280. The Kier molecular flexibility index (Phi) is 9.30. The van der Waals surface area contributed by atoms with Crippen LogP contribution in [-0.2, 0) is 9.47 Å². The first-order valence-corrected chi connectivity index (χ1v) is 16.0. The van der Waals surface area contributed by atoms with Crippen LogP contribution < -0.4 is 0 Å². The van der Waals surface area contributed by atoms with Gasteiger partial charge in [-0.15, -0.1) is 0 Å². The standard InChI is InChI=1S/C32H54O10/c1-16(15-41-29-27(39)26(38)22(14-33)42-29)6-5-7-17(2)18-12-20(35)28-30(18,3)11-9-23-31(4)10-8-19(34)25(37)24(31)21(36)13-32(23,28)40/h5,7,16-29,33-40H,6,8-15H2,1-4H3/b7-5+/t16-,17-,18-,19+,20-,21+,22+,23-,24+,25+,26+,27-,28-,29-,30-,31-,32+/m1/s1. The molecule has 0 spiro atoms. The largest absolute Gasteiger partial charge is 0.394 e. The molecule has 4 saturated carbocycles. The molecule has 0 radical (unpaired) electrons. The second-order valence-electron chi connectivity index (χ2n) is 15.0. The molecule has 10 nitrogen and oxygen atoms in total. The van der Waals surface area contributed by atoms with Crippen LogP contribution in [0.25, 0.3) is 0 Å². The predicted octanol–water partition coefficient (Wildman–Crippen LogP) is 0.708. The number of aliphatic hydroxyl groups excluding tert-OH is 7. The lowest BCUT2D eigenvalue weighted by Crippen LogP contribution is -2.70. The zero-order valence-corrected chi connectivity index (χ0v) is 25.5. The fourth-order valence-corrected chi connectivity index (χ4v) is 10.4. The second kappa shape index (κ2) is 11.9. The minimum atomic E-state index is -1.25. The molecule has 1 saturated heterocycles. The van der Waals surface area contributed by atoms with E-state index in [9.17, 15) is 40.9 Å². The monoisotopic (exact) mass is 598 g/mol. The molecule has 0 aromatic carbocycles. The van der Waals surface area contributed by atoms with E-state index in [1.807, 2.05) is 6.92 Å². The molecule has 0 unspecified atom stereocenters. The van der Waals surface area contributed by atoms with Gasteiger partial charge in [-0.3, -0.25) is 0 Å². The summed E-state index contributed by atoms with van der Waals surface area (Å²) in [5, 5.41) is 85.7. The third-order valence-electron chi connectivity index (χ3n) is 12.5. The number of rotatable bonds is 8. The highest BCUT2D eigenvalue weighted by molar-refractivity contribution is 5.21. The van der Waals surface area contributed by atoms with Crippen molar-refractivity contribution in [3.05, 3.63) is 12.2 Å². The highest BCUT2D eigenvalue weighted by Gasteiger charge is 2.71. The van der Waals surface area contributed by atoms with Crippen molar-refractivity contribution in [1.29, 1.82) is 0 Å². The average molecular weight is 599 g/mol. The molecule has 0 aromatic heterocycles. The van der Waals surface area contributed by atoms with E-state index < -0.39 is 72.6 Å². The Morgan fingerprint density at radius 2 is 1.60 bits per heavy atom. The van der Waals surface area contributed by atoms with E-state index in [0.29, 0.717) is 25.9 Å². The lowest BCUT2D eigenvalue weighted by Gasteiger charge is -2.66. The van der Waals surface area contributed by atoms with Crippen molar-refractivity contribution in [2.75, 3.05) is 13.2 Å². The Balaban J connectivity index is 1.23. The van der Waals surface area contributed by atoms with Gasteiger partial charge < -0.3 is 50.3 Å². The van der Waals surface area contributed by atoms with Gasteiger partial charge in [0.1, 0.15) is 18.3 Å². The molecule has 17 atom stereocenters. The highest BCUT2D eigenvalue weighted by Crippen LogP contribution is 2.69. The maximum Gasteiger partial charge on any atom is 0.186 e. The molecule has 242 valence electrons. The van der Waals surface area contributed by atoms with Crippen molar-refractivity contribution in [1.82, 2.24) is 0 Å². The van der Waals surface area contributed by atoms with Gasteiger partial charge in [0.05, 0.1) is 43.2 Å². The maximum absolute atomic E-state index is 12.4. The quantitative estimate of drug-likeness (QED) is 0.185. The van der Waals surface area contributed by atoms with E-state index in [-0.39, 0.29) is 41.4 Å². The molecule has 8 N–H and O–H groups in total. The van der Waals surface area contributed by atoms with Gasteiger partial charge in [0, 0.05) is 18.3 Å². The average Bonchev–Trinajstić information content (AvgIpc) is 3.36. The first-order valence-electron chi connectivity index (χ1n) is 16.0. The number of fused-ring (bicyclic) bond motifs is 5. The van der Waals surface area contributed by atoms with Crippen molar-refractivity contribution < 1.29 is 50.3 Å². The molecule has 4 aliphatic carbocycles. The number of allylic oxidation sites excluding steroid dienone is 2. The first kappa shape index (κ1) is 32.7. The lowest BCUT2D eigenvalue weighted by atomic mass is 9.41. The smallest absolute Gasteiger partial charge is 0.186 e. The Hall–Kier alpha value is -0.660. The van der Waals surface area contributed by atoms with Gasteiger partial charge >= 0.3 is 0 Å². The van der Waals surface area contributed by atoms with Crippen molar-refractivity contribution in [3.63, 3.8) is 0 Å². The molecule has 0 bridgehead atoms. The summed E-state index contributed by atoms with van der Waals surface area (Å²) in [4.78, 5) is 0. The summed E-state index contributed by atoms with van der Waals surface area (Å²) >= 11 is 0. The fourth-order valence-electron chi connectivity index (χ4n) is 10.4. The van der Waals surface area contributed by atoms with E-state index in [0.717, 1.165) is 19.3 Å². The SMILES string of the molecule is C[C@H](C/C=C/[C@@H](C)[C@H]1C[C@@H](O)[C@@H]2[C@]1(C)CC[C@@H]1[C@@]3(C)CC[C@H](O)[C@H](O)[C@@H]3[C@@H](O)C[C@]12O)CO[C@@H]1O[C@@H](CO)[C@H](O)[C@H]1O. The van der Waals surface area contributed by atoms with Crippen LogP contribution in [0.2, 0.25) is 0 Å². The van der Waals surface area contributed by atoms with E-state index in [1.54, 1.807) is 0 Å². The molecular formula is C32H54O10. The molecule has 10 heteroatoms. The Bertz CT molecular complexity index is 979. The summed E-state index contributed by atoms with van der Waals surface area (Å²) in [6, 6.07) is 0. The van der Waals surface area contributed by atoms with Crippen LogP contribution in [0.1, 0.15) is 72.6 Å². The number of hydrogen-bond donors (Lipinski definition) is 8. The van der Waals surface area contributed by atoms with Crippen LogP contribution in [0.4, 0.5) is 0 Å².